The van der Waals surface area contributed by atoms with Crippen LogP contribution in [0, 0.1) is 11.8 Å². The van der Waals surface area contributed by atoms with Crippen molar-refractivity contribution in [1.82, 2.24) is 40.0 Å². The van der Waals surface area contributed by atoms with Crippen LogP contribution < -0.4 is 10.6 Å². The largest absolute Gasteiger partial charge is 0.408 e. The summed E-state index contributed by atoms with van der Waals surface area (Å²) < 4.78 is 106. The lowest BCUT2D eigenvalue weighted by molar-refractivity contribution is -0.144. The Bertz CT molecular complexity index is 1490. The summed E-state index contributed by atoms with van der Waals surface area (Å²) in [6.45, 7) is -1.56. The number of carbonyl (C=O) groups is 2. The first-order chi connectivity index (χ1) is 20.6. The third kappa shape index (κ3) is 7.99. The number of hydrogen-bond donors (Lipinski definition) is 2. The number of nitrogens with zero attached hydrogens (tertiary/aromatic N) is 6. The van der Waals surface area contributed by atoms with Gasteiger partial charge in [-0.05, 0) is 49.1 Å². The molecule has 3 heterocycles. The Morgan fingerprint density at radius 2 is 1.64 bits per heavy atom. The number of alkyl halides is 8. The molecule has 3 aromatic heterocycles. The minimum Gasteiger partial charge on any atom is -0.349 e. The maximum absolute atomic E-state index is 14.0. The first-order valence-electron chi connectivity index (χ1n) is 13.9. The van der Waals surface area contributed by atoms with Gasteiger partial charge < -0.3 is 10.6 Å². The molecule has 2 aliphatic rings. The molecule has 18 heteroatoms. The van der Waals surface area contributed by atoms with Crippen LogP contribution in [0.15, 0.2) is 24.8 Å². The minimum absolute atomic E-state index is 0.00601. The zero-order valence-corrected chi connectivity index (χ0v) is 23.0. The molecule has 2 amide bonds. The van der Waals surface area contributed by atoms with Crippen molar-refractivity contribution in [3.63, 3.8) is 0 Å². The monoisotopic (exact) mass is 636 g/mol. The van der Waals surface area contributed by atoms with Crippen molar-refractivity contribution in [3.8, 4) is 0 Å². The molecule has 2 fully saturated rings. The number of rotatable bonds is 10. The fourth-order valence-corrected chi connectivity index (χ4v) is 5.39. The standard InChI is InChI=1S/C26H28F8N8O2/c27-24(28)6-3-15(4-7-24)21(40-23(44)22-35-13-37-42(22)12-26(32,33)34)17-11-41-18(38-17)9-16(10-36-41)20(14-1-2-14)39-19(43)5-8-25(29,30)31/h9-11,13-15,20-21H,1-8,12H2,(H,39,43)(H,40,44)/t20?,21-/m0/s1. The average Bonchev–Trinajstić information content (AvgIpc) is 3.51. The Kier molecular flexibility index (Phi) is 8.54. The van der Waals surface area contributed by atoms with Crippen LogP contribution in [0.1, 0.15) is 85.3 Å². The molecule has 3 aromatic rings. The topological polar surface area (TPSA) is 119 Å². The molecule has 1 unspecified atom stereocenters. The van der Waals surface area contributed by atoms with E-state index in [-0.39, 0.29) is 30.1 Å². The van der Waals surface area contributed by atoms with Crippen LogP contribution in [-0.4, -0.2) is 59.5 Å². The number of carbonyl (C=O) groups excluding carboxylic acids is 2. The van der Waals surface area contributed by atoms with Gasteiger partial charge in [0.1, 0.15) is 12.9 Å². The van der Waals surface area contributed by atoms with Crippen LogP contribution in [0.2, 0.25) is 0 Å². The van der Waals surface area contributed by atoms with Gasteiger partial charge in [0.15, 0.2) is 5.65 Å². The van der Waals surface area contributed by atoms with Crippen molar-refractivity contribution < 1.29 is 44.7 Å². The maximum atomic E-state index is 14.0. The van der Waals surface area contributed by atoms with Gasteiger partial charge in [-0.25, -0.2) is 27.9 Å². The average molecular weight is 637 g/mol. The van der Waals surface area contributed by atoms with E-state index >= 15 is 0 Å². The molecular formula is C26H28F8N8O2. The summed E-state index contributed by atoms with van der Waals surface area (Å²) in [7, 11) is 0. The quantitative estimate of drug-likeness (QED) is 0.300. The van der Waals surface area contributed by atoms with Gasteiger partial charge in [0.25, 0.3) is 5.91 Å². The van der Waals surface area contributed by atoms with E-state index in [0.29, 0.717) is 10.2 Å². The van der Waals surface area contributed by atoms with E-state index in [1.807, 2.05) is 0 Å². The molecule has 0 aromatic carbocycles. The van der Waals surface area contributed by atoms with Crippen molar-refractivity contribution in [1.29, 1.82) is 0 Å². The lowest BCUT2D eigenvalue weighted by Crippen LogP contribution is -2.38. The van der Waals surface area contributed by atoms with Gasteiger partial charge in [0, 0.05) is 19.3 Å². The number of aromatic nitrogens is 6. The summed E-state index contributed by atoms with van der Waals surface area (Å²) in [4.78, 5) is 33.6. The summed E-state index contributed by atoms with van der Waals surface area (Å²) in [6, 6.07) is -0.0252. The molecule has 5 rings (SSSR count). The maximum Gasteiger partial charge on any atom is 0.408 e. The van der Waals surface area contributed by atoms with Gasteiger partial charge in [0.05, 0.1) is 36.6 Å². The molecule has 2 saturated carbocycles. The van der Waals surface area contributed by atoms with Crippen LogP contribution in [0.25, 0.3) is 5.65 Å². The number of halogens is 8. The van der Waals surface area contributed by atoms with Gasteiger partial charge in [-0.1, -0.05) is 0 Å². The highest BCUT2D eigenvalue weighted by atomic mass is 19.4. The van der Waals surface area contributed by atoms with Crippen LogP contribution in [0.5, 0.6) is 0 Å². The van der Waals surface area contributed by atoms with E-state index in [0.717, 1.165) is 19.2 Å². The van der Waals surface area contributed by atoms with Crippen LogP contribution >= 0.6 is 0 Å². The Morgan fingerprint density at radius 1 is 0.955 bits per heavy atom. The third-order valence-electron chi connectivity index (χ3n) is 7.75. The molecule has 2 N–H and O–H groups in total. The van der Waals surface area contributed by atoms with Crippen molar-refractivity contribution in [2.75, 3.05) is 0 Å². The van der Waals surface area contributed by atoms with Crippen LogP contribution in [0.3, 0.4) is 0 Å². The fraction of sp³-hybridized carbons (Fsp3) is 0.615. The SMILES string of the molecule is O=C(CCC(F)(F)F)NC(c1cnn2cc([C@@H](NC(=O)c3ncnn3CC(F)(F)F)C3CCC(F)(F)CC3)nc2c1)C1CC1. The molecular weight excluding hydrogens is 608 g/mol. The van der Waals surface area contributed by atoms with E-state index in [4.69, 9.17) is 0 Å². The van der Waals surface area contributed by atoms with Crippen molar-refractivity contribution in [3.05, 3.63) is 41.9 Å². The van der Waals surface area contributed by atoms with Crippen molar-refractivity contribution >= 4 is 17.5 Å². The van der Waals surface area contributed by atoms with Crippen LogP contribution in [-0.2, 0) is 11.3 Å². The normalized spacial score (nSPS) is 19.1. The highest BCUT2D eigenvalue weighted by molar-refractivity contribution is 5.90. The smallest absolute Gasteiger partial charge is 0.349 e. The zero-order valence-electron chi connectivity index (χ0n) is 23.0. The van der Waals surface area contributed by atoms with Crippen LogP contribution in [0.4, 0.5) is 35.1 Å². The summed E-state index contributed by atoms with van der Waals surface area (Å²) >= 11 is 0. The second kappa shape index (κ2) is 11.9. The molecule has 2 atom stereocenters. The summed E-state index contributed by atoms with van der Waals surface area (Å²) in [6.07, 6.45) is -6.91. The Hall–Kier alpha value is -3.86. The van der Waals surface area contributed by atoms with E-state index in [2.05, 4.69) is 30.8 Å². The Morgan fingerprint density at radius 3 is 2.27 bits per heavy atom. The first-order valence-corrected chi connectivity index (χ1v) is 13.9. The zero-order chi connectivity index (χ0) is 31.9. The van der Waals surface area contributed by atoms with Gasteiger partial charge in [-0.3, -0.25) is 9.59 Å². The highest BCUT2D eigenvalue weighted by Gasteiger charge is 2.40. The Balaban J connectivity index is 1.40. The molecule has 0 saturated heterocycles. The summed E-state index contributed by atoms with van der Waals surface area (Å²) in [5.74, 6) is -5.84. The summed E-state index contributed by atoms with van der Waals surface area (Å²) in [5, 5.41) is 13.0. The first kappa shape index (κ1) is 31.6. The predicted octanol–water partition coefficient (Wildman–Crippen LogP) is 5.09. The number of fused-ring (bicyclic) bond motifs is 1. The predicted molar refractivity (Wildman–Crippen MR) is 135 cm³/mol. The molecule has 240 valence electrons. The number of imidazole rings is 1. The molecule has 0 aliphatic heterocycles. The molecule has 2 aliphatic carbocycles. The number of amides is 2. The lowest BCUT2D eigenvalue weighted by atomic mass is 9.81. The third-order valence-corrected chi connectivity index (χ3v) is 7.75. The van der Waals surface area contributed by atoms with Crippen molar-refractivity contribution in [2.24, 2.45) is 11.8 Å². The second-order valence-corrected chi connectivity index (χ2v) is 11.3. The Labute approximate surface area is 244 Å². The number of nitrogens with one attached hydrogen (secondary N) is 2. The van der Waals surface area contributed by atoms with E-state index in [1.165, 1.54) is 16.9 Å². The van der Waals surface area contributed by atoms with Gasteiger partial charge >= 0.3 is 12.4 Å². The summed E-state index contributed by atoms with van der Waals surface area (Å²) in [5.41, 5.74) is 0.946. The lowest BCUT2D eigenvalue weighted by Gasteiger charge is -2.33. The van der Waals surface area contributed by atoms with E-state index in [9.17, 15) is 44.7 Å². The van der Waals surface area contributed by atoms with Gasteiger partial charge in [0.2, 0.25) is 17.7 Å². The minimum atomic E-state index is -4.68. The molecule has 0 spiro atoms. The molecule has 10 nitrogen and oxygen atoms in total. The van der Waals surface area contributed by atoms with E-state index < -0.39 is 86.1 Å². The molecule has 0 radical (unpaired) electrons. The molecule has 0 bridgehead atoms. The second-order valence-electron chi connectivity index (χ2n) is 11.3. The van der Waals surface area contributed by atoms with Gasteiger partial charge in [-0.15, -0.1) is 0 Å². The highest BCUT2D eigenvalue weighted by Crippen LogP contribution is 2.43. The molecule has 44 heavy (non-hydrogen) atoms. The van der Waals surface area contributed by atoms with Crippen molar-refractivity contribution in [2.45, 2.75) is 88.3 Å². The van der Waals surface area contributed by atoms with E-state index in [1.54, 1.807) is 6.07 Å². The number of hydrogen-bond acceptors (Lipinski definition) is 6. The fourth-order valence-electron chi connectivity index (χ4n) is 5.39. The van der Waals surface area contributed by atoms with Gasteiger partial charge in [-0.2, -0.15) is 36.5 Å².